The van der Waals surface area contributed by atoms with Crippen molar-refractivity contribution in [2.45, 2.75) is 52.4 Å². The predicted octanol–water partition coefficient (Wildman–Crippen LogP) is 5.00. The number of rotatable bonds is 8. The molecular formula is C10H22ClPS. The summed E-state index contributed by atoms with van der Waals surface area (Å²) in [6, 6.07) is 0. The molecule has 0 aromatic carbocycles. The van der Waals surface area contributed by atoms with Gasteiger partial charge in [0.25, 0.3) is 0 Å². The molecule has 80 valence electrons. The second-order valence-electron chi connectivity index (χ2n) is 3.65. The van der Waals surface area contributed by atoms with Crippen molar-refractivity contribution in [3.05, 3.63) is 0 Å². The Morgan fingerprint density at radius 2 is 1.31 bits per heavy atom. The summed E-state index contributed by atoms with van der Waals surface area (Å²) in [6.07, 6.45) is 9.82. The Morgan fingerprint density at radius 1 is 0.923 bits per heavy atom. The zero-order valence-electron chi connectivity index (χ0n) is 8.89. The molecule has 0 aliphatic carbocycles. The van der Waals surface area contributed by atoms with E-state index in [0.717, 1.165) is 12.3 Å². The lowest BCUT2D eigenvalue weighted by Gasteiger charge is -2.13. The molecule has 0 fully saturated rings. The second kappa shape index (κ2) is 8.26. The number of unbranched alkanes of at least 4 members (excludes halogenated alkanes) is 4. The van der Waals surface area contributed by atoms with E-state index >= 15 is 0 Å². The van der Waals surface area contributed by atoms with E-state index < -0.39 is 5.39 Å². The predicted molar refractivity (Wildman–Crippen MR) is 68.9 cm³/mol. The molecule has 0 nitrogen and oxygen atoms in total. The van der Waals surface area contributed by atoms with Gasteiger partial charge < -0.3 is 0 Å². The molecule has 0 amide bonds. The monoisotopic (exact) mass is 240 g/mol. The molecule has 0 aromatic rings. The van der Waals surface area contributed by atoms with Crippen LogP contribution < -0.4 is 0 Å². The van der Waals surface area contributed by atoms with Gasteiger partial charge >= 0.3 is 0 Å². The van der Waals surface area contributed by atoms with Crippen molar-refractivity contribution in [1.82, 2.24) is 0 Å². The molecule has 0 spiro atoms. The molecule has 0 rings (SSSR count). The first kappa shape index (κ1) is 13.9. The van der Waals surface area contributed by atoms with Gasteiger partial charge in [0.1, 0.15) is 0 Å². The molecule has 0 atom stereocenters. The van der Waals surface area contributed by atoms with Crippen LogP contribution in [0.25, 0.3) is 0 Å². The molecule has 0 N–H and O–H groups in total. The summed E-state index contributed by atoms with van der Waals surface area (Å²) in [7, 11) is 0. The zero-order chi connectivity index (χ0) is 10.2. The molecule has 0 heterocycles. The average molecular weight is 241 g/mol. The molecule has 0 saturated heterocycles. The normalized spacial score (nSPS) is 11.9. The molecular weight excluding hydrogens is 219 g/mol. The van der Waals surface area contributed by atoms with Crippen LogP contribution in [0.2, 0.25) is 0 Å². The maximum Gasteiger partial charge on any atom is 0.0388 e. The molecule has 0 aromatic heterocycles. The minimum atomic E-state index is -1.45. The number of halogens is 1. The highest BCUT2D eigenvalue weighted by molar-refractivity contribution is 8.27. The van der Waals surface area contributed by atoms with E-state index in [9.17, 15) is 0 Å². The number of hydrogen-bond acceptors (Lipinski definition) is 1. The van der Waals surface area contributed by atoms with Crippen molar-refractivity contribution in [1.29, 1.82) is 0 Å². The molecule has 0 radical (unpaired) electrons. The quantitative estimate of drug-likeness (QED) is 0.425. The Balaban J connectivity index is 3.49. The highest BCUT2D eigenvalue weighted by atomic mass is 35.7. The van der Waals surface area contributed by atoms with Crippen molar-refractivity contribution in [3.8, 4) is 0 Å². The first-order valence-electron chi connectivity index (χ1n) is 5.40. The summed E-state index contributed by atoms with van der Waals surface area (Å²) in [4.78, 5) is 0. The van der Waals surface area contributed by atoms with Crippen LogP contribution in [-0.4, -0.2) is 12.3 Å². The van der Waals surface area contributed by atoms with Crippen molar-refractivity contribution in [3.63, 3.8) is 0 Å². The molecule has 0 aliphatic rings. The van der Waals surface area contributed by atoms with Crippen LogP contribution in [0.15, 0.2) is 0 Å². The van der Waals surface area contributed by atoms with Gasteiger partial charge in [-0.15, -0.1) is 0 Å². The molecule has 0 aliphatic heterocycles. The molecule has 0 bridgehead atoms. The van der Waals surface area contributed by atoms with Crippen LogP contribution in [0, 0.1) is 0 Å². The van der Waals surface area contributed by atoms with E-state index in [1.54, 1.807) is 0 Å². The van der Waals surface area contributed by atoms with Crippen LogP contribution in [0.4, 0.5) is 0 Å². The zero-order valence-corrected chi connectivity index (χ0v) is 11.4. The molecule has 0 unspecified atom stereocenters. The Kier molecular flexibility index (Phi) is 8.86. The summed E-state index contributed by atoms with van der Waals surface area (Å²) < 4.78 is 0. The van der Waals surface area contributed by atoms with Gasteiger partial charge in [0.05, 0.1) is 0 Å². The minimum absolute atomic E-state index is 1.11. The third-order valence-corrected chi connectivity index (χ3v) is 6.27. The highest BCUT2D eigenvalue weighted by Gasteiger charge is 2.11. The van der Waals surface area contributed by atoms with Gasteiger partial charge in [-0.1, -0.05) is 62.6 Å². The average Bonchev–Trinajstić information content (AvgIpc) is 2.05. The topological polar surface area (TPSA) is 0 Å². The van der Waals surface area contributed by atoms with Gasteiger partial charge in [-0.3, -0.25) is 0 Å². The van der Waals surface area contributed by atoms with Crippen molar-refractivity contribution >= 4 is 28.4 Å². The molecule has 3 heteroatoms. The van der Waals surface area contributed by atoms with Gasteiger partial charge in [-0.25, -0.2) is 0 Å². The van der Waals surface area contributed by atoms with Crippen LogP contribution in [0.3, 0.4) is 0 Å². The van der Waals surface area contributed by atoms with Crippen molar-refractivity contribution in [2.75, 3.05) is 12.3 Å². The Morgan fingerprint density at radius 3 is 1.62 bits per heavy atom. The molecule has 13 heavy (non-hydrogen) atoms. The van der Waals surface area contributed by atoms with Crippen molar-refractivity contribution < 1.29 is 0 Å². The van der Waals surface area contributed by atoms with E-state index in [1.807, 2.05) is 0 Å². The summed E-state index contributed by atoms with van der Waals surface area (Å²) in [5.41, 5.74) is 0. The lowest BCUT2D eigenvalue weighted by molar-refractivity contribution is 0.764. The smallest absolute Gasteiger partial charge is 0.0388 e. The lowest BCUT2D eigenvalue weighted by atomic mass is 10.3. The standard InChI is InChI=1S/C10H22ClPS/c1-3-5-7-9-12(11,13)10-8-6-4-2/h3-10H2,1-2H3. The fourth-order valence-electron chi connectivity index (χ4n) is 1.31. The van der Waals surface area contributed by atoms with Crippen LogP contribution in [-0.2, 0) is 11.8 Å². The van der Waals surface area contributed by atoms with Crippen LogP contribution in [0.5, 0.6) is 0 Å². The maximum absolute atomic E-state index is 6.33. The van der Waals surface area contributed by atoms with Gasteiger partial charge in [-0.05, 0) is 25.2 Å². The van der Waals surface area contributed by atoms with E-state index in [1.165, 1.54) is 38.5 Å². The summed E-state index contributed by atoms with van der Waals surface area (Å²) >= 11 is 11.8. The third-order valence-electron chi connectivity index (χ3n) is 2.19. The van der Waals surface area contributed by atoms with Crippen LogP contribution >= 0.6 is 16.6 Å². The first-order valence-corrected chi connectivity index (χ1v) is 9.48. The molecule has 0 saturated carbocycles. The van der Waals surface area contributed by atoms with E-state index in [2.05, 4.69) is 13.8 Å². The van der Waals surface area contributed by atoms with Crippen LogP contribution in [0.1, 0.15) is 52.4 Å². The Bertz CT molecular complexity index is 145. The fourth-order valence-corrected chi connectivity index (χ4v) is 4.41. The Labute approximate surface area is 93.2 Å². The lowest BCUT2D eigenvalue weighted by Crippen LogP contribution is -1.90. The largest absolute Gasteiger partial charge is 0.0856 e. The summed E-state index contributed by atoms with van der Waals surface area (Å²) in [6.45, 7) is 4.43. The summed E-state index contributed by atoms with van der Waals surface area (Å²) in [5.74, 6) is 0. The van der Waals surface area contributed by atoms with Gasteiger partial charge in [0.15, 0.2) is 0 Å². The van der Waals surface area contributed by atoms with E-state index in [4.69, 9.17) is 23.0 Å². The second-order valence-corrected chi connectivity index (χ2v) is 10.8. The Hall–Kier alpha value is 0.940. The van der Waals surface area contributed by atoms with E-state index in [-0.39, 0.29) is 0 Å². The van der Waals surface area contributed by atoms with Gasteiger partial charge in [0, 0.05) is 5.39 Å². The third kappa shape index (κ3) is 9.25. The SMILES string of the molecule is CCCCCP(=S)(Cl)CCCCC. The van der Waals surface area contributed by atoms with Gasteiger partial charge in [0.2, 0.25) is 0 Å². The highest BCUT2D eigenvalue weighted by Crippen LogP contribution is 2.53. The first-order chi connectivity index (χ1) is 6.12. The van der Waals surface area contributed by atoms with Gasteiger partial charge in [-0.2, -0.15) is 0 Å². The van der Waals surface area contributed by atoms with E-state index in [0.29, 0.717) is 0 Å². The maximum atomic E-state index is 6.33. The fraction of sp³-hybridized carbons (Fsp3) is 1.00. The minimum Gasteiger partial charge on any atom is -0.0856 e. The number of hydrogen-bond donors (Lipinski definition) is 0. The summed E-state index contributed by atoms with van der Waals surface area (Å²) in [5, 5.41) is -1.45. The van der Waals surface area contributed by atoms with Crippen molar-refractivity contribution in [2.24, 2.45) is 0 Å².